The molecule has 0 radical (unpaired) electrons. The molecule has 7 heteroatoms. The normalized spacial score (nSPS) is 18.4. The molecule has 1 fully saturated rings. The zero-order valence-corrected chi connectivity index (χ0v) is 16.5. The fourth-order valence-corrected chi connectivity index (χ4v) is 3.47. The number of benzene rings is 2. The summed E-state index contributed by atoms with van der Waals surface area (Å²) in [5.74, 6) is -1.00. The summed E-state index contributed by atoms with van der Waals surface area (Å²) in [5.41, 5.74) is 3.59. The van der Waals surface area contributed by atoms with E-state index in [4.69, 9.17) is 0 Å². The summed E-state index contributed by atoms with van der Waals surface area (Å²) in [4.78, 5) is 38.0. The third kappa shape index (κ3) is 3.82. The van der Waals surface area contributed by atoms with E-state index in [1.165, 1.54) is 0 Å². The molecule has 2 aromatic carbocycles. The molecule has 0 saturated carbocycles. The fraction of sp³-hybridized carbons (Fsp3) is 0.174. The molecule has 152 valence electrons. The first kappa shape index (κ1) is 19.4. The molecule has 2 heterocycles. The van der Waals surface area contributed by atoms with E-state index in [9.17, 15) is 14.4 Å². The monoisotopic (exact) mass is 402 g/mol. The van der Waals surface area contributed by atoms with Gasteiger partial charge in [0.15, 0.2) is 0 Å². The second-order valence-electron chi connectivity index (χ2n) is 7.47. The van der Waals surface area contributed by atoms with Gasteiger partial charge in [0, 0.05) is 23.6 Å². The molecule has 4 amide bonds. The van der Waals surface area contributed by atoms with Crippen LogP contribution in [0.1, 0.15) is 29.3 Å². The van der Waals surface area contributed by atoms with Crippen LogP contribution in [0.5, 0.6) is 0 Å². The number of hydrogen-bond donors (Lipinski definition) is 2. The van der Waals surface area contributed by atoms with E-state index in [0.29, 0.717) is 18.4 Å². The van der Waals surface area contributed by atoms with Crippen molar-refractivity contribution in [2.75, 3.05) is 0 Å². The molecular weight excluding hydrogens is 380 g/mol. The molecule has 3 aromatic rings. The summed E-state index contributed by atoms with van der Waals surface area (Å²) in [6.45, 7) is 1.68. The maximum atomic E-state index is 12.9. The predicted molar refractivity (Wildman–Crippen MR) is 112 cm³/mol. The Bertz CT molecular complexity index is 1080. The maximum absolute atomic E-state index is 12.9. The van der Waals surface area contributed by atoms with Crippen LogP contribution >= 0.6 is 0 Å². The third-order valence-corrected chi connectivity index (χ3v) is 5.24. The minimum Gasteiger partial charge on any atom is -0.324 e. The lowest BCUT2D eigenvalue weighted by atomic mass is 9.93. The van der Waals surface area contributed by atoms with Gasteiger partial charge in [-0.25, -0.2) is 4.79 Å². The van der Waals surface area contributed by atoms with Crippen molar-refractivity contribution >= 4 is 17.8 Å². The second kappa shape index (κ2) is 7.87. The molecular formula is C23H22N4O3. The van der Waals surface area contributed by atoms with Crippen LogP contribution < -0.4 is 10.7 Å². The van der Waals surface area contributed by atoms with E-state index in [-0.39, 0.29) is 0 Å². The van der Waals surface area contributed by atoms with Crippen LogP contribution in [0.25, 0.3) is 5.69 Å². The number of aromatic nitrogens is 1. The lowest BCUT2D eigenvalue weighted by molar-refractivity contribution is -0.132. The first-order valence-electron chi connectivity index (χ1n) is 9.71. The quantitative estimate of drug-likeness (QED) is 0.622. The number of rotatable bonds is 6. The number of amides is 4. The van der Waals surface area contributed by atoms with Crippen LogP contribution in [0, 0.1) is 0 Å². The maximum Gasteiger partial charge on any atom is 0.344 e. The molecule has 2 N–H and O–H groups in total. The minimum absolute atomic E-state index is 0.347. The Hall–Kier alpha value is -3.87. The molecule has 1 aromatic heterocycles. The van der Waals surface area contributed by atoms with E-state index in [2.05, 4.69) is 10.7 Å². The molecule has 0 bridgehead atoms. The predicted octanol–water partition coefficient (Wildman–Crippen LogP) is 3.07. The summed E-state index contributed by atoms with van der Waals surface area (Å²) in [7, 11) is 0. The Morgan fingerprint density at radius 1 is 1.00 bits per heavy atom. The van der Waals surface area contributed by atoms with E-state index in [1.807, 2.05) is 65.5 Å². The highest BCUT2D eigenvalue weighted by Gasteiger charge is 2.48. The lowest BCUT2D eigenvalue weighted by Crippen LogP contribution is -2.49. The molecule has 4 rings (SSSR count). The topological polar surface area (TPSA) is 83.4 Å². The Balaban J connectivity index is 1.45. The van der Waals surface area contributed by atoms with Gasteiger partial charge in [-0.1, -0.05) is 36.4 Å². The zero-order chi connectivity index (χ0) is 21.1. The van der Waals surface area contributed by atoms with Crippen molar-refractivity contribution in [2.45, 2.75) is 25.3 Å². The number of hydrazine groups is 1. The first-order valence-corrected chi connectivity index (χ1v) is 9.71. The van der Waals surface area contributed by atoms with Crippen LogP contribution in [-0.2, 0) is 11.2 Å². The number of urea groups is 1. The molecule has 0 unspecified atom stereocenters. The van der Waals surface area contributed by atoms with Gasteiger partial charge in [0.25, 0.3) is 11.8 Å². The molecule has 30 heavy (non-hydrogen) atoms. The number of carbonyl (C=O) groups is 3. The van der Waals surface area contributed by atoms with Gasteiger partial charge in [0.2, 0.25) is 0 Å². The van der Waals surface area contributed by atoms with Gasteiger partial charge in [-0.05, 0) is 55.7 Å². The van der Waals surface area contributed by atoms with Crippen LogP contribution in [-0.4, -0.2) is 33.0 Å². The van der Waals surface area contributed by atoms with E-state index in [1.54, 1.807) is 25.1 Å². The summed E-state index contributed by atoms with van der Waals surface area (Å²) < 4.78 is 1.87. The van der Waals surface area contributed by atoms with Gasteiger partial charge in [0.1, 0.15) is 5.54 Å². The smallest absolute Gasteiger partial charge is 0.324 e. The van der Waals surface area contributed by atoms with Gasteiger partial charge < -0.3 is 9.88 Å². The summed E-state index contributed by atoms with van der Waals surface area (Å²) in [5, 5.41) is 3.48. The number of imide groups is 1. The molecule has 1 aliphatic heterocycles. The van der Waals surface area contributed by atoms with E-state index >= 15 is 0 Å². The van der Waals surface area contributed by atoms with Crippen molar-refractivity contribution in [1.29, 1.82) is 0 Å². The molecule has 1 aliphatic rings. The highest BCUT2D eigenvalue weighted by atomic mass is 16.2. The van der Waals surface area contributed by atoms with E-state index < -0.39 is 23.4 Å². The van der Waals surface area contributed by atoms with E-state index in [0.717, 1.165) is 16.3 Å². The highest BCUT2D eigenvalue weighted by molar-refractivity contribution is 6.09. The molecule has 1 saturated heterocycles. The van der Waals surface area contributed by atoms with Gasteiger partial charge in [0.05, 0.1) is 0 Å². The van der Waals surface area contributed by atoms with Crippen molar-refractivity contribution in [2.24, 2.45) is 0 Å². The summed E-state index contributed by atoms with van der Waals surface area (Å²) in [6.07, 6.45) is 4.79. The Morgan fingerprint density at radius 2 is 1.73 bits per heavy atom. The number of nitrogens with one attached hydrogen (secondary N) is 2. The van der Waals surface area contributed by atoms with Crippen LogP contribution in [0.15, 0.2) is 79.1 Å². The fourth-order valence-electron chi connectivity index (χ4n) is 3.47. The second-order valence-corrected chi connectivity index (χ2v) is 7.47. The first-order chi connectivity index (χ1) is 14.5. The SMILES string of the molecule is C[C@]1(CCc2ccccc2)NC(=O)N(NC(=O)c2cccc(-n3cccc3)c2)C1=O. The number of aryl methyl sites for hydroxylation is 1. The number of hydrogen-bond acceptors (Lipinski definition) is 3. The Kier molecular flexibility index (Phi) is 5.10. The molecule has 0 spiro atoms. The Labute approximate surface area is 174 Å². The van der Waals surface area contributed by atoms with Gasteiger partial charge in [-0.15, -0.1) is 0 Å². The molecule has 0 aliphatic carbocycles. The minimum atomic E-state index is -1.08. The Morgan fingerprint density at radius 3 is 2.47 bits per heavy atom. The largest absolute Gasteiger partial charge is 0.344 e. The van der Waals surface area contributed by atoms with Crippen LogP contribution in [0.4, 0.5) is 4.79 Å². The van der Waals surface area contributed by atoms with Gasteiger partial charge in [-0.3, -0.25) is 15.0 Å². The van der Waals surface area contributed by atoms with Gasteiger partial charge >= 0.3 is 6.03 Å². The highest BCUT2D eigenvalue weighted by Crippen LogP contribution is 2.22. The zero-order valence-electron chi connectivity index (χ0n) is 16.5. The van der Waals surface area contributed by atoms with Crippen molar-refractivity contribution in [3.8, 4) is 5.69 Å². The number of nitrogens with zero attached hydrogens (tertiary/aromatic N) is 2. The van der Waals surface area contributed by atoms with Crippen molar-refractivity contribution in [1.82, 2.24) is 20.3 Å². The van der Waals surface area contributed by atoms with Crippen molar-refractivity contribution < 1.29 is 14.4 Å². The lowest BCUT2D eigenvalue weighted by Gasteiger charge is -2.21. The standard InChI is InChI=1S/C23H22N4O3/c1-23(13-12-17-8-3-2-4-9-17)21(29)27(22(30)24-23)25-20(28)18-10-7-11-19(16-18)26-14-5-6-15-26/h2-11,14-16H,12-13H2,1H3,(H,24,30)(H,25,28)/t23-/m1/s1. The summed E-state index contributed by atoms with van der Waals surface area (Å²) in [6, 6.07) is 19.8. The van der Waals surface area contributed by atoms with Crippen molar-refractivity contribution in [3.05, 3.63) is 90.3 Å². The average Bonchev–Trinajstić information content (AvgIpc) is 3.37. The third-order valence-electron chi connectivity index (χ3n) is 5.24. The van der Waals surface area contributed by atoms with Crippen molar-refractivity contribution in [3.63, 3.8) is 0 Å². The average molecular weight is 402 g/mol. The van der Waals surface area contributed by atoms with Crippen LogP contribution in [0.2, 0.25) is 0 Å². The molecule has 1 atom stereocenters. The summed E-state index contributed by atoms with van der Waals surface area (Å²) >= 11 is 0. The number of carbonyl (C=O) groups excluding carboxylic acids is 3. The van der Waals surface area contributed by atoms with Crippen LogP contribution in [0.3, 0.4) is 0 Å². The van der Waals surface area contributed by atoms with Gasteiger partial charge in [-0.2, -0.15) is 5.01 Å². The molecule has 7 nitrogen and oxygen atoms in total.